The Morgan fingerprint density at radius 1 is 0.857 bits per heavy atom. The SMILES string of the molecule is NCCc1ccc(OCCOCc2ccc(Br)cc2)cc1. The monoisotopic (exact) mass is 349 g/mol. The molecule has 2 aromatic carbocycles. The van der Waals surface area contributed by atoms with Gasteiger partial charge < -0.3 is 15.2 Å². The van der Waals surface area contributed by atoms with Crippen LogP contribution in [0.15, 0.2) is 53.0 Å². The summed E-state index contributed by atoms with van der Waals surface area (Å²) < 4.78 is 12.3. The van der Waals surface area contributed by atoms with E-state index in [1.807, 2.05) is 48.5 Å². The average Bonchev–Trinajstić information content (AvgIpc) is 2.51. The molecule has 112 valence electrons. The number of halogens is 1. The Bertz CT molecular complexity index is 525. The first-order valence-corrected chi connectivity index (χ1v) is 7.81. The van der Waals surface area contributed by atoms with Crippen molar-refractivity contribution in [1.29, 1.82) is 0 Å². The summed E-state index contributed by atoms with van der Waals surface area (Å²) in [6, 6.07) is 16.1. The highest BCUT2D eigenvalue weighted by Crippen LogP contribution is 2.13. The van der Waals surface area contributed by atoms with E-state index in [0.717, 1.165) is 22.2 Å². The summed E-state index contributed by atoms with van der Waals surface area (Å²) in [6.07, 6.45) is 0.899. The fraction of sp³-hybridized carbons (Fsp3) is 0.294. The smallest absolute Gasteiger partial charge is 0.119 e. The lowest BCUT2D eigenvalue weighted by molar-refractivity contribution is 0.0889. The molecule has 4 heteroatoms. The second-order valence-electron chi connectivity index (χ2n) is 4.71. The normalized spacial score (nSPS) is 10.6. The highest BCUT2D eigenvalue weighted by atomic mass is 79.9. The lowest BCUT2D eigenvalue weighted by atomic mass is 10.1. The van der Waals surface area contributed by atoms with E-state index < -0.39 is 0 Å². The third kappa shape index (κ3) is 5.87. The van der Waals surface area contributed by atoms with Gasteiger partial charge in [0.05, 0.1) is 13.2 Å². The van der Waals surface area contributed by atoms with E-state index in [2.05, 4.69) is 15.9 Å². The zero-order valence-corrected chi connectivity index (χ0v) is 13.5. The predicted octanol–water partition coefficient (Wildman–Crippen LogP) is 3.55. The van der Waals surface area contributed by atoms with Crippen LogP contribution >= 0.6 is 15.9 Å². The molecule has 2 aromatic rings. The zero-order valence-electron chi connectivity index (χ0n) is 11.9. The van der Waals surface area contributed by atoms with Crippen LogP contribution in [0.1, 0.15) is 11.1 Å². The Hall–Kier alpha value is -1.36. The first kappa shape index (κ1) is 16.0. The molecule has 0 aromatic heterocycles. The molecule has 2 rings (SSSR count). The molecule has 3 nitrogen and oxygen atoms in total. The zero-order chi connectivity index (χ0) is 14.9. The number of nitrogens with two attached hydrogens (primary N) is 1. The highest BCUT2D eigenvalue weighted by molar-refractivity contribution is 9.10. The lowest BCUT2D eigenvalue weighted by Gasteiger charge is -2.08. The fourth-order valence-corrected chi connectivity index (χ4v) is 2.17. The Labute approximate surface area is 134 Å². The summed E-state index contributed by atoms with van der Waals surface area (Å²) in [5.41, 5.74) is 7.91. The number of hydrogen-bond donors (Lipinski definition) is 1. The summed E-state index contributed by atoms with van der Waals surface area (Å²) in [7, 11) is 0. The van der Waals surface area contributed by atoms with E-state index in [1.165, 1.54) is 5.56 Å². The van der Waals surface area contributed by atoms with Crippen LogP contribution in [-0.2, 0) is 17.8 Å². The third-order valence-electron chi connectivity index (χ3n) is 3.03. The summed E-state index contributed by atoms with van der Waals surface area (Å²) >= 11 is 3.41. The van der Waals surface area contributed by atoms with Gasteiger partial charge in [0.1, 0.15) is 12.4 Å². The molecule has 0 fully saturated rings. The van der Waals surface area contributed by atoms with Crippen molar-refractivity contribution >= 4 is 15.9 Å². The summed E-state index contributed by atoms with van der Waals surface area (Å²) in [4.78, 5) is 0. The van der Waals surface area contributed by atoms with Gasteiger partial charge in [-0.1, -0.05) is 40.2 Å². The summed E-state index contributed by atoms with van der Waals surface area (Å²) in [5.74, 6) is 0.864. The molecule has 0 unspecified atom stereocenters. The topological polar surface area (TPSA) is 44.5 Å². The van der Waals surface area contributed by atoms with Crippen molar-refractivity contribution in [3.8, 4) is 5.75 Å². The van der Waals surface area contributed by atoms with Gasteiger partial charge in [-0.2, -0.15) is 0 Å². The van der Waals surface area contributed by atoms with Gasteiger partial charge >= 0.3 is 0 Å². The van der Waals surface area contributed by atoms with Crippen LogP contribution in [0.2, 0.25) is 0 Å². The lowest BCUT2D eigenvalue weighted by Crippen LogP contribution is -2.07. The molecule has 0 aliphatic rings. The van der Waals surface area contributed by atoms with Crippen LogP contribution < -0.4 is 10.5 Å². The van der Waals surface area contributed by atoms with Gasteiger partial charge in [0, 0.05) is 4.47 Å². The van der Waals surface area contributed by atoms with E-state index in [4.69, 9.17) is 15.2 Å². The van der Waals surface area contributed by atoms with Crippen LogP contribution in [0.25, 0.3) is 0 Å². The van der Waals surface area contributed by atoms with E-state index >= 15 is 0 Å². The van der Waals surface area contributed by atoms with Crippen LogP contribution in [-0.4, -0.2) is 19.8 Å². The molecular formula is C17H20BrNO2. The number of benzene rings is 2. The Balaban J connectivity index is 1.64. The maximum atomic E-state index is 5.63. The summed E-state index contributed by atoms with van der Waals surface area (Å²) in [5, 5.41) is 0. The molecule has 0 saturated heterocycles. The standard InChI is InChI=1S/C17H20BrNO2/c18-16-5-1-15(2-6-16)13-20-11-12-21-17-7-3-14(4-8-17)9-10-19/h1-8H,9-13,19H2. The minimum absolute atomic E-state index is 0.548. The fourth-order valence-electron chi connectivity index (χ4n) is 1.91. The maximum Gasteiger partial charge on any atom is 0.119 e. The second kappa shape index (κ2) is 8.82. The van der Waals surface area contributed by atoms with Crippen molar-refractivity contribution in [2.45, 2.75) is 13.0 Å². The van der Waals surface area contributed by atoms with E-state index in [0.29, 0.717) is 26.4 Å². The molecule has 0 bridgehead atoms. The van der Waals surface area contributed by atoms with Crippen molar-refractivity contribution in [3.05, 3.63) is 64.1 Å². The van der Waals surface area contributed by atoms with Gasteiger partial charge in [-0.05, 0) is 48.4 Å². The minimum Gasteiger partial charge on any atom is -0.491 e. The Morgan fingerprint density at radius 3 is 2.19 bits per heavy atom. The Morgan fingerprint density at radius 2 is 1.52 bits per heavy atom. The molecule has 0 aliphatic carbocycles. The molecule has 0 atom stereocenters. The number of hydrogen-bond acceptors (Lipinski definition) is 3. The molecule has 0 heterocycles. The van der Waals surface area contributed by atoms with Gasteiger partial charge in [-0.3, -0.25) is 0 Å². The molecule has 0 aliphatic heterocycles. The van der Waals surface area contributed by atoms with Crippen molar-refractivity contribution in [2.75, 3.05) is 19.8 Å². The largest absolute Gasteiger partial charge is 0.491 e. The van der Waals surface area contributed by atoms with Crippen molar-refractivity contribution in [3.63, 3.8) is 0 Å². The number of rotatable bonds is 8. The van der Waals surface area contributed by atoms with E-state index in [1.54, 1.807) is 0 Å². The van der Waals surface area contributed by atoms with Crippen molar-refractivity contribution in [2.24, 2.45) is 5.73 Å². The highest BCUT2D eigenvalue weighted by Gasteiger charge is 1.97. The minimum atomic E-state index is 0.548. The van der Waals surface area contributed by atoms with Crippen LogP contribution in [0.3, 0.4) is 0 Å². The maximum absolute atomic E-state index is 5.63. The Kier molecular flexibility index (Phi) is 6.73. The van der Waals surface area contributed by atoms with Gasteiger partial charge in [0.25, 0.3) is 0 Å². The predicted molar refractivity (Wildman–Crippen MR) is 88.5 cm³/mol. The van der Waals surface area contributed by atoms with Crippen LogP contribution in [0.5, 0.6) is 5.75 Å². The first-order valence-electron chi connectivity index (χ1n) is 7.02. The summed E-state index contributed by atoms with van der Waals surface area (Å²) in [6.45, 7) is 2.39. The van der Waals surface area contributed by atoms with Gasteiger partial charge in [-0.15, -0.1) is 0 Å². The molecule has 21 heavy (non-hydrogen) atoms. The second-order valence-corrected chi connectivity index (χ2v) is 5.63. The molecule has 0 radical (unpaired) electrons. The quantitative estimate of drug-likeness (QED) is 0.741. The molecule has 0 saturated carbocycles. The van der Waals surface area contributed by atoms with Gasteiger partial charge in [0.2, 0.25) is 0 Å². The molecule has 2 N–H and O–H groups in total. The molecular weight excluding hydrogens is 330 g/mol. The molecule has 0 amide bonds. The van der Waals surface area contributed by atoms with Crippen LogP contribution in [0, 0.1) is 0 Å². The number of ether oxygens (including phenoxy) is 2. The van der Waals surface area contributed by atoms with E-state index in [-0.39, 0.29) is 0 Å². The van der Waals surface area contributed by atoms with E-state index in [9.17, 15) is 0 Å². The molecule has 0 spiro atoms. The third-order valence-corrected chi connectivity index (χ3v) is 3.56. The first-order chi connectivity index (χ1) is 10.3. The van der Waals surface area contributed by atoms with Crippen molar-refractivity contribution in [1.82, 2.24) is 0 Å². The van der Waals surface area contributed by atoms with Gasteiger partial charge in [0.15, 0.2) is 0 Å². The average molecular weight is 350 g/mol. The van der Waals surface area contributed by atoms with Crippen LogP contribution in [0.4, 0.5) is 0 Å². The van der Waals surface area contributed by atoms with Crippen molar-refractivity contribution < 1.29 is 9.47 Å². The van der Waals surface area contributed by atoms with Gasteiger partial charge in [-0.25, -0.2) is 0 Å².